The number of imidazole rings is 1. The van der Waals surface area contributed by atoms with Crippen LogP contribution in [-0.4, -0.2) is 45.7 Å². The lowest BCUT2D eigenvalue weighted by Crippen LogP contribution is -2.31. The number of nitrogens with zero attached hydrogens (tertiary/aromatic N) is 3. The highest BCUT2D eigenvalue weighted by Crippen LogP contribution is 2.19. The molecule has 5 nitrogen and oxygen atoms in total. The third-order valence-electron chi connectivity index (χ3n) is 4.85. The Hall–Kier alpha value is -2.11. The number of rotatable bonds is 4. The molecular formula is C19H24N4O. The number of hydrogen-bond acceptors (Lipinski definition) is 3. The summed E-state index contributed by atoms with van der Waals surface area (Å²) in [7, 11) is 2.06. The Kier molecular flexibility index (Phi) is 4.36. The van der Waals surface area contributed by atoms with Crippen molar-refractivity contribution in [2.75, 3.05) is 26.3 Å². The first-order chi connectivity index (χ1) is 11.8. The smallest absolute Gasteiger partial charge is 0.122 e. The highest BCUT2D eigenvalue weighted by molar-refractivity contribution is 5.79. The van der Waals surface area contributed by atoms with Gasteiger partial charge in [0.1, 0.15) is 5.82 Å². The Bertz CT molecular complexity index is 806. The second-order valence-electron chi connectivity index (χ2n) is 6.73. The minimum atomic E-state index is 0.518. The fourth-order valence-corrected chi connectivity index (χ4v) is 3.53. The number of H-pyrrole nitrogens is 1. The molecule has 0 radical (unpaired) electrons. The molecule has 1 aromatic carbocycles. The summed E-state index contributed by atoms with van der Waals surface area (Å²) in [5.74, 6) is 1.63. The van der Waals surface area contributed by atoms with E-state index in [9.17, 15) is 0 Å². The average Bonchev–Trinajstić information content (AvgIpc) is 3.13. The molecule has 1 fully saturated rings. The fraction of sp³-hybridized carbons (Fsp3) is 0.421. The van der Waals surface area contributed by atoms with Gasteiger partial charge in [0.25, 0.3) is 0 Å². The van der Waals surface area contributed by atoms with Gasteiger partial charge in [-0.2, -0.15) is 0 Å². The molecule has 24 heavy (non-hydrogen) atoms. The lowest BCUT2D eigenvalue weighted by Gasteiger charge is -2.23. The van der Waals surface area contributed by atoms with Crippen LogP contribution in [0.1, 0.15) is 11.4 Å². The highest BCUT2D eigenvalue weighted by atomic mass is 16.5. The van der Waals surface area contributed by atoms with Crippen LogP contribution in [0.4, 0.5) is 0 Å². The number of fused-ring (bicyclic) bond motifs is 1. The van der Waals surface area contributed by atoms with Gasteiger partial charge in [0, 0.05) is 44.2 Å². The van der Waals surface area contributed by atoms with Gasteiger partial charge in [-0.25, -0.2) is 4.98 Å². The van der Waals surface area contributed by atoms with Crippen LogP contribution in [0, 0.1) is 5.92 Å². The zero-order valence-electron chi connectivity index (χ0n) is 14.1. The zero-order valence-corrected chi connectivity index (χ0v) is 14.1. The molecule has 3 heterocycles. The highest BCUT2D eigenvalue weighted by Gasteiger charge is 2.20. The van der Waals surface area contributed by atoms with Crippen LogP contribution < -0.4 is 0 Å². The monoisotopic (exact) mass is 324 g/mol. The second-order valence-corrected chi connectivity index (χ2v) is 6.73. The van der Waals surface area contributed by atoms with Crippen molar-refractivity contribution in [2.24, 2.45) is 13.0 Å². The molecule has 1 atom stereocenters. The van der Waals surface area contributed by atoms with E-state index >= 15 is 0 Å². The summed E-state index contributed by atoms with van der Waals surface area (Å²) >= 11 is 0. The Labute approximate surface area is 142 Å². The van der Waals surface area contributed by atoms with Crippen LogP contribution in [0.2, 0.25) is 0 Å². The van der Waals surface area contributed by atoms with Gasteiger partial charge < -0.3 is 14.3 Å². The van der Waals surface area contributed by atoms with Crippen molar-refractivity contribution in [2.45, 2.75) is 13.0 Å². The van der Waals surface area contributed by atoms with Crippen LogP contribution in [0.15, 0.2) is 42.9 Å². The van der Waals surface area contributed by atoms with E-state index in [4.69, 9.17) is 4.74 Å². The predicted octanol–water partition coefficient (Wildman–Crippen LogP) is 2.59. The van der Waals surface area contributed by atoms with Crippen molar-refractivity contribution in [1.29, 1.82) is 0 Å². The van der Waals surface area contributed by atoms with E-state index in [1.807, 2.05) is 18.6 Å². The lowest BCUT2D eigenvalue weighted by molar-refractivity contribution is 0.121. The number of benzene rings is 1. The van der Waals surface area contributed by atoms with E-state index < -0.39 is 0 Å². The molecule has 0 amide bonds. The van der Waals surface area contributed by atoms with Crippen molar-refractivity contribution in [1.82, 2.24) is 19.4 Å². The average molecular weight is 324 g/mol. The van der Waals surface area contributed by atoms with E-state index in [1.165, 1.54) is 16.5 Å². The largest absolute Gasteiger partial charge is 0.380 e. The molecule has 1 aliphatic heterocycles. The van der Waals surface area contributed by atoms with Crippen LogP contribution in [0.5, 0.6) is 0 Å². The maximum atomic E-state index is 5.86. The zero-order chi connectivity index (χ0) is 16.4. The summed E-state index contributed by atoms with van der Waals surface area (Å²) in [6.07, 6.45) is 6.93. The predicted molar refractivity (Wildman–Crippen MR) is 94.8 cm³/mol. The van der Waals surface area contributed by atoms with E-state index in [0.717, 1.165) is 45.1 Å². The van der Waals surface area contributed by atoms with E-state index in [-0.39, 0.29) is 0 Å². The van der Waals surface area contributed by atoms with Crippen LogP contribution in [0.3, 0.4) is 0 Å². The molecule has 0 saturated carbocycles. The Morgan fingerprint density at radius 1 is 1.33 bits per heavy atom. The second kappa shape index (κ2) is 6.79. The molecular weight excluding hydrogens is 300 g/mol. The number of nitrogens with one attached hydrogen (secondary N) is 1. The fourth-order valence-electron chi connectivity index (χ4n) is 3.53. The van der Waals surface area contributed by atoms with Gasteiger partial charge in [-0.05, 0) is 41.5 Å². The normalized spacial score (nSPS) is 19.6. The minimum absolute atomic E-state index is 0.518. The summed E-state index contributed by atoms with van der Waals surface area (Å²) < 4.78 is 7.95. The van der Waals surface area contributed by atoms with Crippen LogP contribution >= 0.6 is 0 Å². The number of ether oxygens (including phenoxy) is 1. The van der Waals surface area contributed by atoms with E-state index in [0.29, 0.717) is 5.92 Å². The third kappa shape index (κ3) is 3.37. The Morgan fingerprint density at radius 2 is 2.29 bits per heavy atom. The summed E-state index contributed by atoms with van der Waals surface area (Å²) in [5, 5.41) is 1.28. The summed E-state index contributed by atoms with van der Waals surface area (Å²) in [6, 6.07) is 8.83. The van der Waals surface area contributed by atoms with E-state index in [1.54, 1.807) is 0 Å². The summed E-state index contributed by atoms with van der Waals surface area (Å²) in [5.41, 5.74) is 2.59. The number of hydrogen-bond donors (Lipinski definition) is 1. The molecule has 1 unspecified atom stereocenters. The van der Waals surface area contributed by atoms with Gasteiger partial charge in [0.15, 0.2) is 0 Å². The Morgan fingerprint density at radius 3 is 3.17 bits per heavy atom. The molecule has 1 N–H and O–H groups in total. The van der Waals surface area contributed by atoms with Crippen LogP contribution in [-0.2, 0) is 24.8 Å². The van der Waals surface area contributed by atoms with Crippen molar-refractivity contribution in [3.63, 3.8) is 0 Å². The van der Waals surface area contributed by atoms with Gasteiger partial charge in [-0.1, -0.05) is 6.07 Å². The molecule has 3 aromatic rings. The van der Waals surface area contributed by atoms with E-state index in [2.05, 4.69) is 50.7 Å². The Balaban J connectivity index is 1.44. The van der Waals surface area contributed by atoms with Gasteiger partial charge in [-0.3, -0.25) is 4.90 Å². The number of aromatic nitrogens is 3. The quantitative estimate of drug-likeness (QED) is 0.802. The van der Waals surface area contributed by atoms with Gasteiger partial charge in [-0.15, -0.1) is 0 Å². The standard InChI is InChI=1S/C19H24N4O/c1-22-7-6-21-19(22)13-23-8-9-24-14-16(12-23)10-15-2-3-18-17(11-15)4-5-20-18/h2-7,11,16,20H,8-10,12-14H2,1H3. The molecule has 2 aromatic heterocycles. The molecule has 0 bridgehead atoms. The lowest BCUT2D eigenvalue weighted by atomic mass is 9.98. The van der Waals surface area contributed by atoms with Gasteiger partial charge in [0.2, 0.25) is 0 Å². The number of aromatic amines is 1. The van der Waals surface area contributed by atoms with Gasteiger partial charge in [0.05, 0.1) is 19.8 Å². The SMILES string of the molecule is Cn1ccnc1CN1CCOCC(Cc2ccc3[nH]ccc3c2)C1. The van der Waals surface area contributed by atoms with Crippen LogP contribution in [0.25, 0.3) is 10.9 Å². The number of aryl methyl sites for hydroxylation is 1. The third-order valence-corrected chi connectivity index (χ3v) is 4.85. The first-order valence-corrected chi connectivity index (χ1v) is 8.60. The summed E-state index contributed by atoms with van der Waals surface area (Å²) in [6.45, 7) is 4.55. The first kappa shape index (κ1) is 15.4. The molecule has 5 heteroatoms. The molecule has 0 aliphatic carbocycles. The maximum Gasteiger partial charge on any atom is 0.122 e. The van der Waals surface area contributed by atoms with Crippen molar-refractivity contribution >= 4 is 10.9 Å². The molecule has 126 valence electrons. The van der Waals surface area contributed by atoms with Crippen molar-refractivity contribution in [3.8, 4) is 0 Å². The summed E-state index contributed by atoms with van der Waals surface area (Å²) in [4.78, 5) is 10.2. The van der Waals surface area contributed by atoms with Gasteiger partial charge >= 0.3 is 0 Å². The molecule has 1 aliphatic rings. The minimum Gasteiger partial charge on any atom is -0.380 e. The topological polar surface area (TPSA) is 46.1 Å². The van der Waals surface area contributed by atoms with Crippen molar-refractivity contribution < 1.29 is 4.74 Å². The maximum absolute atomic E-state index is 5.86. The van der Waals surface area contributed by atoms with Crippen molar-refractivity contribution in [3.05, 3.63) is 54.2 Å². The first-order valence-electron chi connectivity index (χ1n) is 8.60. The molecule has 0 spiro atoms. The molecule has 4 rings (SSSR count). The molecule has 1 saturated heterocycles.